The predicted octanol–water partition coefficient (Wildman–Crippen LogP) is 1.78. The fraction of sp³-hybridized carbons (Fsp3) is 0.333. The van der Waals surface area contributed by atoms with Gasteiger partial charge >= 0.3 is 0 Å². The maximum absolute atomic E-state index is 11.9. The molecule has 0 aliphatic rings. The summed E-state index contributed by atoms with van der Waals surface area (Å²) in [6.07, 6.45) is -0.977. The Kier molecular flexibility index (Phi) is 4.31. The highest BCUT2D eigenvalue weighted by Gasteiger charge is 2.08. The molecule has 0 fully saturated rings. The summed E-state index contributed by atoms with van der Waals surface area (Å²) in [6, 6.07) is 4.68. The molecule has 78 valence electrons. The normalized spacial score (nSPS) is 12.6. The first-order valence-electron chi connectivity index (χ1n) is 3.95. The van der Waals surface area contributed by atoms with Crippen LogP contribution in [0, 0.1) is 0 Å². The van der Waals surface area contributed by atoms with E-state index in [2.05, 4.69) is 20.7 Å². The lowest BCUT2D eigenvalue weighted by molar-refractivity contribution is 0.0951. The van der Waals surface area contributed by atoms with E-state index in [0.29, 0.717) is 15.8 Å². The molecule has 1 aromatic rings. The number of hydrogen-bond donors (Lipinski definition) is 2. The molecule has 0 heterocycles. The second kappa shape index (κ2) is 5.29. The molecule has 14 heavy (non-hydrogen) atoms. The molecule has 0 amide bonds. The highest BCUT2D eigenvalue weighted by atomic mass is 79.9. The van der Waals surface area contributed by atoms with Crippen LogP contribution in [0.4, 0.5) is 4.39 Å². The third kappa shape index (κ3) is 2.94. The van der Waals surface area contributed by atoms with Crippen LogP contribution in [0.5, 0.6) is 5.75 Å². The van der Waals surface area contributed by atoms with Crippen molar-refractivity contribution in [2.75, 3.05) is 13.5 Å². The fourth-order valence-electron chi connectivity index (χ4n) is 1.03. The molecule has 0 aliphatic heterocycles. The van der Waals surface area contributed by atoms with Crippen molar-refractivity contribution >= 4 is 15.9 Å². The minimum atomic E-state index is -0.977. The van der Waals surface area contributed by atoms with E-state index in [0.717, 1.165) is 0 Å². The lowest BCUT2D eigenvalue weighted by Crippen LogP contribution is -2.03. The Morgan fingerprint density at radius 2 is 2.14 bits per heavy atom. The molecule has 0 radical (unpaired) electrons. The number of alkyl halides is 1. The van der Waals surface area contributed by atoms with E-state index >= 15 is 0 Å². The minimum Gasteiger partial charge on any atom is -0.463 e. The summed E-state index contributed by atoms with van der Waals surface area (Å²) >= 11 is 3.19. The van der Waals surface area contributed by atoms with Crippen molar-refractivity contribution in [1.29, 1.82) is 0 Å². The molecule has 1 atom stereocenters. The van der Waals surface area contributed by atoms with Crippen LogP contribution in [-0.2, 0) is 0 Å². The van der Waals surface area contributed by atoms with Gasteiger partial charge in [-0.3, -0.25) is 0 Å². The maximum atomic E-state index is 11.9. The lowest BCUT2D eigenvalue weighted by Gasteiger charge is -2.10. The molecular weight excluding hydrogens is 255 g/mol. The van der Waals surface area contributed by atoms with Gasteiger partial charge in [-0.1, -0.05) is 15.9 Å². The topological polar surface area (TPSA) is 49.7 Å². The van der Waals surface area contributed by atoms with Crippen LogP contribution in [0.1, 0.15) is 11.7 Å². The van der Waals surface area contributed by atoms with Crippen molar-refractivity contribution in [2.45, 2.75) is 6.10 Å². The summed E-state index contributed by atoms with van der Waals surface area (Å²) < 4.78 is 17.2. The molecule has 0 saturated carbocycles. The summed E-state index contributed by atoms with van der Waals surface area (Å²) in [6.45, 7) is -1.31. The monoisotopic (exact) mass is 264 g/mol. The highest BCUT2D eigenvalue weighted by Crippen LogP contribution is 2.25. The molecule has 0 aromatic heterocycles. The summed E-state index contributed by atoms with van der Waals surface area (Å²) in [4.78, 5) is 0. The van der Waals surface area contributed by atoms with Crippen LogP contribution in [0.25, 0.3) is 0 Å². The van der Waals surface area contributed by atoms with Crippen LogP contribution in [0.3, 0.4) is 0 Å². The van der Waals surface area contributed by atoms with Gasteiger partial charge in [0.05, 0.1) is 6.61 Å². The Hall–Kier alpha value is -0.650. The van der Waals surface area contributed by atoms with E-state index in [4.69, 9.17) is 5.11 Å². The Morgan fingerprint density at radius 1 is 1.43 bits per heavy atom. The standard InChI is InChI=1S/C9H10BrFO3/c10-7-1-6(9(13)4-12)2-8(3-7)14-5-11/h1-3,9,12-13H,4-5H2/t9-/m0/s1. The molecule has 1 aromatic carbocycles. The predicted molar refractivity (Wildman–Crippen MR) is 52.8 cm³/mol. The van der Waals surface area contributed by atoms with Gasteiger partial charge in [0, 0.05) is 4.47 Å². The molecule has 0 spiro atoms. The Balaban J connectivity index is 2.94. The largest absolute Gasteiger partial charge is 0.463 e. The Morgan fingerprint density at radius 3 is 2.71 bits per heavy atom. The summed E-state index contributed by atoms with van der Waals surface area (Å²) in [5.74, 6) is 0.310. The van der Waals surface area contributed by atoms with Gasteiger partial charge in [0.1, 0.15) is 11.9 Å². The van der Waals surface area contributed by atoms with E-state index in [-0.39, 0.29) is 6.61 Å². The van der Waals surface area contributed by atoms with E-state index in [9.17, 15) is 9.50 Å². The highest BCUT2D eigenvalue weighted by molar-refractivity contribution is 9.10. The van der Waals surface area contributed by atoms with Gasteiger partial charge in [0.25, 0.3) is 0 Å². The maximum Gasteiger partial charge on any atom is 0.228 e. The zero-order valence-electron chi connectivity index (χ0n) is 7.28. The van der Waals surface area contributed by atoms with Crippen molar-refractivity contribution in [2.24, 2.45) is 0 Å². The quantitative estimate of drug-likeness (QED) is 0.872. The second-order valence-electron chi connectivity index (χ2n) is 2.67. The molecule has 0 unspecified atom stereocenters. The van der Waals surface area contributed by atoms with Gasteiger partial charge in [-0.25, -0.2) is 4.39 Å². The molecular formula is C9H10BrFO3. The first-order chi connectivity index (χ1) is 6.67. The number of ether oxygens (including phenoxy) is 1. The smallest absolute Gasteiger partial charge is 0.228 e. The van der Waals surface area contributed by atoms with Crippen LogP contribution < -0.4 is 4.74 Å². The van der Waals surface area contributed by atoms with Crippen LogP contribution in [0.2, 0.25) is 0 Å². The van der Waals surface area contributed by atoms with Crippen LogP contribution >= 0.6 is 15.9 Å². The minimum absolute atomic E-state index is 0.310. The van der Waals surface area contributed by atoms with Crippen molar-refractivity contribution in [1.82, 2.24) is 0 Å². The third-order valence-electron chi connectivity index (χ3n) is 1.67. The SMILES string of the molecule is OC[C@H](O)c1cc(Br)cc(OCF)c1. The van der Waals surface area contributed by atoms with E-state index < -0.39 is 13.0 Å². The zero-order valence-corrected chi connectivity index (χ0v) is 8.87. The van der Waals surface area contributed by atoms with Crippen LogP contribution in [0.15, 0.2) is 22.7 Å². The number of aliphatic hydroxyl groups excluding tert-OH is 2. The van der Waals surface area contributed by atoms with Crippen molar-refractivity contribution < 1.29 is 19.3 Å². The average molecular weight is 265 g/mol. The number of halogens is 2. The number of rotatable bonds is 4. The van der Waals surface area contributed by atoms with Gasteiger partial charge in [0.2, 0.25) is 6.86 Å². The fourth-order valence-corrected chi connectivity index (χ4v) is 1.52. The molecule has 2 N–H and O–H groups in total. The van der Waals surface area contributed by atoms with Crippen molar-refractivity contribution in [3.05, 3.63) is 28.2 Å². The summed E-state index contributed by atoms with van der Waals surface area (Å²) in [7, 11) is 0. The molecule has 3 nitrogen and oxygen atoms in total. The van der Waals surface area contributed by atoms with Crippen LogP contribution in [-0.4, -0.2) is 23.7 Å². The van der Waals surface area contributed by atoms with Gasteiger partial charge < -0.3 is 14.9 Å². The second-order valence-corrected chi connectivity index (χ2v) is 3.59. The number of aliphatic hydroxyl groups is 2. The Bertz CT molecular complexity index is 306. The number of benzene rings is 1. The lowest BCUT2D eigenvalue weighted by atomic mass is 10.1. The molecule has 0 aliphatic carbocycles. The molecule has 0 saturated heterocycles. The van der Waals surface area contributed by atoms with Gasteiger partial charge in [0.15, 0.2) is 0 Å². The summed E-state index contributed by atoms with van der Waals surface area (Å²) in [5, 5.41) is 18.0. The molecule has 1 rings (SSSR count). The molecule has 5 heteroatoms. The molecule has 0 bridgehead atoms. The van der Waals surface area contributed by atoms with Gasteiger partial charge in [-0.05, 0) is 23.8 Å². The zero-order chi connectivity index (χ0) is 10.6. The van der Waals surface area contributed by atoms with E-state index in [1.54, 1.807) is 12.1 Å². The average Bonchev–Trinajstić information content (AvgIpc) is 2.16. The van der Waals surface area contributed by atoms with Gasteiger partial charge in [-0.15, -0.1) is 0 Å². The first kappa shape index (κ1) is 11.4. The summed E-state index contributed by atoms with van der Waals surface area (Å²) in [5.41, 5.74) is 0.477. The number of hydrogen-bond acceptors (Lipinski definition) is 3. The van der Waals surface area contributed by atoms with Gasteiger partial charge in [-0.2, -0.15) is 0 Å². The first-order valence-corrected chi connectivity index (χ1v) is 4.75. The third-order valence-corrected chi connectivity index (χ3v) is 2.13. The van der Waals surface area contributed by atoms with E-state index in [1.807, 2.05) is 0 Å². The Labute approximate surface area is 89.3 Å². The van der Waals surface area contributed by atoms with Crippen molar-refractivity contribution in [3.8, 4) is 5.75 Å². The van der Waals surface area contributed by atoms with Crippen molar-refractivity contribution in [3.63, 3.8) is 0 Å². The van der Waals surface area contributed by atoms with E-state index in [1.165, 1.54) is 6.07 Å².